The molecule has 0 N–H and O–H groups in total. The van der Waals surface area contributed by atoms with Gasteiger partial charge in [0, 0.05) is 11.3 Å². The van der Waals surface area contributed by atoms with Crippen LogP contribution in [0, 0.1) is 29.8 Å². The van der Waals surface area contributed by atoms with E-state index >= 15 is 0 Å². The van der Waals surface area contributed by atoms with E-state index in [1.807, 2.05) is 49.4 Å². The maximum absolute atomic E-state index is 8.85. The summed E-state index contributed by atoms with van der Waals surface area (Å²) in [6.45, 7) is 2.67. The van der Waals surface area contributed by atoms with Crippen LogP contribution in [0.15, 0.2) is 42.5 Å². The van der Waals surface area contributed by atoms with Crippen LogP contribution in [0.3, 0.4) is 0 Å². The van der Waals surface area contributed by atoms with Crippen LogP contribution >= 0.6 is 11.6 Å². The van der Waals surface area contributed by atoms with Crippen molar-refractivity contribution < 1.29 is 56.5 Å². The van der Waals surface area contributed by atoms with E-state index in [0.717, 1.165) is 33.0 Å². The third kappa shape index (κ3) is 5.55. The molecule has 1 heterocycles. The van der Waals surface area contributed by atoms with E-state index in [1.165, 1.54) is 0 Å². The summed E-state index contributed by atoms with van der Waals surface area (Å²) in [6, 6.07) is 16.0. The third-order valence-electron chi connectivity index (χ3n) is 3.57. The number of aryl methyl sites for hydroxylation is 1. The Morgan fingerprint density at radius 3 is 2.52 bits per heavy atom. The van der Waals surface area contributed by atoms with Gasteiger partial charge in [0.05, 0.1) is 30.1 Å². The number of benzene rings is 2. The summed E-state index contributed by atoms with van der Waals surface area (Å²) in [5.41, 5.74) is 4.05. The quantitative estimate of drug-likeness (QED) is 0.473. The zero-order valence-electron chi connectivity index (χ0n) is 14.0. The average Bonchev–Trinajstić information content (AvgIpc) is 2.86. The maximum Gasteiger partial charge on any atom is 1.00 e. The minimum atomic E-state index is 0. The maximum atomic E-state index is 8.85. The molecule has 25 heavy (non-hydrogen) atoms. The molecule has 0 spiro atoms. The molecule has 0 aliphatic rings. The number of nitrogens with zero attached hydrogens (tertiary/aromatic N) is 4. The van der Waals surface area contributed by atoms with Crippen molar-refractivity contribution in [2.75, 3.05) is 0 Å². The van der Waals surface area contributed by atoms with Crippen molar-refractivity contribution in [3.63, 3.8) is 0 Å². The number of rotatable bonds is 3. The number of nitriles is 2. The van der Waals surface area contributed by atoms with Crippen molar-refractivity contribution in [3.05, 3.63) is 64.4 Å². The van der Waals surface area contributed by atoms with E-state index in [9.17, 15) is 0 Å². The summed E-state index contributed by atoms with van der Waals surface area (Å²) >= 11 is 6.25. The second-order valence-corrected chi connectivity index (χ2v) is 5.49. The topological polar surface area (TPSA) is 88.5 Å². The van der Waals surface area contributed by atoms with Crippen LogP contribution in [0.4, 0.5) is 0 Å². The van der Waals surface area contributed by atoms with Crippen LogP contribution in [0.5, 0.6) is 0 Å². The van der Waals surface area contributed by atoms with Gasteiger partial charge >= 0.3 is 51.4 Å². The molecule has 0 aliphatic heterocycles. The molecule has 0 saturated heterocycles. The van der Waals surface area contributed by atoms with E-state index < -0.39 is 0 Å². The van der Waals surface area contributed by atoms with E-state index in [0.29, 0.717) is 19.2 Å². The zero-order chi connectivity index (χ0) is 17.5. The summed E-state index contributed by atoms with van der Waals surface area (Å²) in [7, 11) is 0. The minimum absolute atomic E-state index is 0. The molecule has 0 amide bonds. The van der Waals surface area contributed by atoms with Gasteiger partial charge in [0.25, 0.3) is 0 Å². The van der Waals surface area contributed by atoms with E-state index in [4.69, 9.17) is 27.2 Å². The van der Waals surface area contributed by atoms with Gasteiger partial charge in [-0.1, -0.05) is 35.9 Å². The van der Waals surface area contributed by atoms with Crippen molar-refractivity contribution in [1.29, 1.82) is 10.5 Å². The summed E-state index contributed by atoms with van der Waals surface area (Å²) in [5, 5.41) is 24.6. The van der Waals surface area contributed by atoms with Gasteiger partial charge in [0.15, 0.2) is 0 Å². The first-order valence-corrected chi connectivity index (χ1v) is 7.55. The predicted octanol–water partition coefficient (Wildman–Crippen LogP) is -0.0557. The van der Waals surface area contributed by atoms with Crippen molar-refractivity contribution in [1.82, 2.24) is 9.55 Å². The molecule has 2 aromatic carbocycles. The largest absolute Gasteiger partial charge is 1.00 e. The van der Waals surface area contributed by atoms with Crippen molar-refractivity contribution in [3.8, 4) is 12.3 Å². The van der Waals surface area contributed by atoms with Crippen LogP contribution in [0.1, 0.15) is 17.0 Å². The Labute approximate surface area is 193 Å². The number of hydrogen-bond donors (Lipinski definition) is 0. The molecule has 0 saturated carbocycles. The Morgan fingerprint density at radius 1 is 1.20 bits per heavy atom. The van der Waals surface area contributed by atoms with Gasteiger partial charge in [-0.2, -0.15) is 5.26 Å². The number of fused-ring (bicyclic) bond motifs is 1. The third-order valence-corrected chi connectivity index (χ3v) is 3.94. The average molecular weight is 377 g/mol. The fourth-order valence-electron chi connectivity index (χ4n) is 2.49. The van der Waals surface area contributed by atoms with Gasteiger partial charge in [-0.15, -0.1) is 0 Å². The van der Waals surface area contributed by atoms with Gasteiger partial charge in [0.2, 0.25) is 0 Å². The van der Waals surface area contributed by atoms with Crippen molar-refractivity contribution in [2.45, 2.75) is 19.9 Å². The normalized spacial score (nSPS) is 9.28. The molecule has 7 heteroatoms. The van der Waals surface area contributed by atoms with E-state index in [-0.39, 0.29) is 51.4 Å². The smallest absolute Gasteiger partial charge is 0.812 e. The first-order chi connectivity index (χ1) is 11.6. The number of aromatic nitrogens is 2. The Balaban J connectivity index is 0.000000730. The zero-order valence-corrected chi connectivity index (χ0v) is 17.9. The number of imidazole rings is 1. The second kappa shape index (κ2) is 10.6. The summed E-state index contributed by atoms with van der Waals surface area (Å²) in [6.07, 6.45) is 0.909. The number of hydrogen-bond acceptors (Lipinski definition) is 4. The van der Waals surface area contributed by atoms with Gasteiger partial charge in [-0.05, 0) is 36.2 Å². The first kappa shape index (κ1) is 21.7. The fraction of sp³-hybridized carbons (Fsp3) is 0.167. The summed E-state index contributed by atoms with van der Waals surface area (Å²) < 4.78 is 2.14. The molecule has 0 bridgehead atoms. The molecule has 3 aromatic rings. The van der Waals surface area contributed by atoms with Gasteiger partial charge in [-0.25, -0.2) is 10.2 Å². The molecular formula is C18H14ClKN4O. The molecule has 0 atom stereocenters. The summed E-state index contributed by atoms with van der Waals surface area (Å²) in [4.78, 5) is 4.58. The van der Waals surface area contributed by atoms with E-state index in [2.05, 4.69) is 15.6 Å². The molecule has 120 valence electrons. The predicted molar refractivity (Wildman–Crippen MR) is 90.0 cm³/mol. The van der Waals surface area contributed by atoms with Crippen molar-refractivity contribution >= 4 is 22.6 Å². The molecule has 5 nitrogen and oxygen atoms in total. The Kier molecular flexibility index (Phi) is 9.16. The molecule has 0 aliphatic carbocycles. The van der Waals surface area contributed by atoms with Gasteiger partial charge in [-0.3, -0.25) is 0 Å². The molecule has 0 unspecified atom stereocenters. The summed E-state index contributed by atoms with van der Waals surface area (Å²) in [5.74, 6) is 0.944. The van der Waals surface area contributed by atoms with Crippen molar-refractivity contribution in [2.24, 2.45) is 0 Å². The fourth-order valence-corrected chi connectivity index (χ4v) is 2.68. The Bertz CT molecular complexity index is 940. The number of halogens is 1. The van der Waals surface area contributed by atoms with Gasteiger partial charge < -0.3 is 9.67 Å². The monoisotopic (exact) mass is 376 g/mol. The molecular weight excluding hydrogens is 363 g/mol. The SMILES string of the molecule is Cc1nc2ccc(CC#N)cc2n1Cc1ccccc1Cl.N#C[O-].[K+]. The Morgan fingerprint density at radius 2 is 1.88 bits per heavy atom. The van der Waals surface area contributed by atoms with Crippen LogP contribution in [-0.4, -0.2) is 9.55 Å². The van der Waals surface area contributed by atoms with Crippen LogP contribution in [-0.2, 0) is 13.0 Å². The van der Waals surface area contributed by atoms with Crippen LogP contribution < -0.4 is 56.5 Å². The van der Waals surface area contributed by atoms with Gasteiger partial charge in [0.1, 0.15) is 5.82 Å². The first-order valence-electron chi connectivity index (χ1n) is 7.18. The Hall–Kier alpha value is -1.38. The standard InChI is InChI=1S/C17H14ClN3.CHNO.K/c1-12-20-16-7-6-13(8-9-19)10-17(16)21(12)11-14-4-2-3-5-15(14)18;2-1-3;/h2-7,10H,8,11H2,1H3;3H;/q;;+1/p-1. The molecule has 0 fully saturated rings. The van der Waals surface area contributed by atoms with Crippen LogP contribution in [0.25, 0.3) is 11.0 Å². The van der Waals surface area contributed by atoms with Crippen LogP contribution in [0.2, 0.25) is 5.02 Å². The molecule has 0 radical (unpaired) electrons. The van der Waals surface area contributed by atoms with E-state index in [1.54, 1.807) is 0 Å². The second-order valence-electron chi connectivity index (χ2n) is 5.09. The minimum Gasteiger partial charge on any atom is -0.812 e. The molecule has 1 aromatic heterocycles. The molecule has 3 rings (SSSR count).